The first-order chi connectivity index (χ1) is 11.7. The van der Waals surface area contributed by atoms with E-state index in [0.29, 0.717) is 0 Å². The number of primary amides is 1. The van der Waals surface area contributed by atoms with Crippen molar-refractivity contribution in [3.8, 4) is 0 Å². The van der Waals surface area contributed by atoms with Gasteiger partial charge >= 0.3 is 0 Å². The summed E-state index contributed by atoms with van der Waals surface area (Å²) < 4.78 is 27.8. The van der Waals surface area contributed by atoms with Gasteiger partial charge in [0.05, 0.1) is 5.56 Å². The zero-order valence-electron chi connectivity index (χ0n) is 13.4. The van der Waals surface area contributed by atoms with Gasteiger partial charge in [-0.25, -0.2) is 8.78 Å². The lowest BCUT2D eigenvalue weighted by Crippen LogP contribution is -2.18. The number of hydrogen-bond acceptors (Lipinski definition) is 3. The molecular weight excluding hydrogens is 332 g/mol. The van der Waals surface area contributed by atoms with Gasteiger partial charge in [-0.1, -0.05) is 0 Å². The van der Waals surface area contributed by atoms with E-state index in [-0.39, 0.29) is 34.0 Å². The maximum absolute atomic E-state index is 13.9. The minimum absolute atomic E-state index is 0.0110. The van der Waals surface area contributed by atoms with Crippen molar-refractivity contribution in [2.24, 2.45) is 5.73 Å². The van der Waals surface area contributed by atoms with Crippen molar-refractivity contribution in [1.29, 1.82) is 0 Å². The molecule has 0 unspecified atom stereocenters. The molecule has 2 rings (SSSR count). The summed E-state index contributed by atoms with van der Waals surface area (Å²) in [5.41, 5.74) is 4.92. The molecule has 0 aliphatic rings. The maximum Gasteiger partial charge on any atom is 0.258 e. The van der Waals surface area contributed by atoms with Crippen molar-refractivity contribution in [2.75, 3.05) is 10.6 Å². The van der Waals surface area contributed by atoms with Crippen LogP contribution < -0.4 is 16.4 Å². The third kappa shape index (κ3) is 4.17. The van der Waals surface area contributed by atoms with Crippen molar-refractivity contribution in [2.45, 2.75) is 13.8 Å². The molecule has 0 atom stereocenters. The minimum Gasteiger partial charge on any atom is -0.366 e. The van der Waals surface area contributed by atoms with Crippen molar-refractivity contribution < 1.29 is 23.2 Å². The Morgan fingerprint density at radius 1 is 1.00 bits per heavy atom. The summed E-state index contributed by atoms with van der Waals surface area (Å²) in [6.07, 6.45) is 0. The molecule has 0 saturated heterocycles. The molecule has 0 radical (unpaired) electrons. The first kappa shape index (κ1) is 18.1. The lowest BCUT2D eigenvalue weighted by molar-refractivity contribution is -0.114. The number of carbonyl (C=O) groups excluding carboxylic acids is 3. The van der Waals surface area contributed by atoms with Gasteiger partial charge in [0.2, 0.25) is 11.8 Å². The van der Waals surface area contributed by atoms with E-state index in [4.69, 9.17) is 5.73 Å². The molecule has 6 nitrogen and oxygen atoms in total. The van der Waals surface area contributed by atoms with E-state index in [2.05, 4.69) is 10.6 Å². The predicted octanol–water partition coefficient (Wildman–Crippen LogP) is 2.58. The van der Waals surface area contributed by atoms with Crippen LogP contribution >= 0.6 is 0 Å². The average molecular weight is 347 g/mol. The fraction of sp³-hybridized carbons (Fsp3) is 0.118. The Balaban J connectivity index is 2.37. The first-order valence-electron chi connectivity index (χ1n) is 7.17. The van der Waals surface area contributed by atoms with Crippen molar-refractivity contribution in [3.63, 3.8) is 0 Å². The van der Waals surface area contributed by atoms with Gasteiger partial charge < -0.3 is 16.4 Å². The van der Waals surface area contributed by atoms with Gasteiger partial charge in [0.15, 0.2) is 0 Å². The van der Waals surface area contributed by atoms with Crippen LogP contribution in [0.25, 0.3) is 0 Å². The highest BCUT2D eigenvalue weighted by atomic mass is 19.1. The molecule has 0 aromatic heterocycles. The summed E-state index contributed by atoms with van der Waals surface area (Å²) in [7, 11) is 0. The number of carbonyl (C=O) groups is 3. The molecule has 0 spiro atoms. The smallest absolute Gasteiger partial charge is 0.258 e. The van der Waals surface area contributed by atoms with E-state index in [1.165, 1.54) is 26.0 Å². The van der Waals surface area contributed by atoms with Gasteiger partial charge in [-0.15, -0.1) is 0 Å². The second kappa shape index (κ2) is 7.08. The summed E-state index contributed by atoms with van der Waals surface area (Å²) in [4.78, 5) is 34.6. The van der Waals surface area contributed by atoms with E-state index >= 15 is 0 Å². The number of hydrogen-bond donors (Lipinski definition) is 3. The molecule has 0 bridgehead atoms. The lowest BCUT2D eigenvalue weighted by Gasteiger charge is -2.12. The van der Waals surface area contributed by atoms with Gasteiger partial charge in [-0.3, -0.25) is 14.4 Å². The highest BCUT2D eigenvalue weighted by Gasteiger charge is 2.17. The zero-order chi connectivity index (χ0) is 18.7. The van der Waals surface area contributed by atoms with Crippen LogP contribution in [0.3, 0.4) is 0 Å². The van der Waals surface area contributed by atoms with Crippen molar-refractivity contribution in [1.82, 2.24) is 0 Å². The topological polar surface area (TPSA) is 101 Å². The number of nitrogens with one attached hydrogen (secondary N) is 2. The largest absolute Gasteiger partial charge is 0.366 e. The van der Waals surface area contributed by atoms with Gasteiger partial charge in [0.25, 0.3) is 5.91 Å². The van der Waals surface area contributed by atoms with Crippen LogP contribution in [-0.4, -0.2) is 17.7 Å². The first-order valence-corrected chi connectivity index (χ1v) is 7.17. The van der Waals surface area contributed by atoms with Gasteiger partial charge in [0, 0.05) is 29.4 Å². The number of rotatable bonds is 4. The van der Waals surface area contributed by atoms with Crippen LogP contribution in [0.15, 0.2) is 30.3 Å². The molecule has 8 heteroatoms. The predicted molar refractivity (Wildman–Crippen MR) is 88.3 cm³/mol. The zero-order valence-corrected chi connectivity index (χ0v) is 13.4. The number of benzene rings is 2. The summed E-state index contributed by atoms with van der Waals surface area (Å²) in [5, 5.41) is 4.77. The Morgan fingerprint density at radius 3 is 2.28 bits per heavy atom. The summed E-state index contributed by atoms with van der Waals surface area (Å²) in [6, 6.07) is 5.62. The van der Waals surface area contributed by atoms with E-state index in [0.717, 1.165) is 18.2 Å². The van der Waals surface area contributed by atoms with Crippen LogP contribution in [-0.2, 0) is 4.79 Å². The van der Waals surface area contributed by atoms with E-state index in [1.54, 1.807) is 0 Å². The highest BCUT2D eigenvalue weighted by molar-refractivity contribution is 6.06. The molecule has 0 aliphatic carbocycles. The van der Waals surface area contributed by atoms with Crippen molar-refractivity contribution >= 4 is 29.1 Å². The fourth-order valence-corrected chi connectivity index (χ4v) is 2.12. The molecule has 2 aromatic rings. The minimum atomic E-state index is -0.867. The molecule has 3 amide bonds. The van der Waals surface area contributed by atoms with Crippen molar-refractivity contribution in [3.05, 3.63) is 58.7 Å². The van der Waals surface area contributed by atoms with Crippen LogP contribution in [0.1, 0.15) is 33.2 Å². The Morgan fingerprint density at radius 2 is 1.68 bits per heavy atom. The molecular formula is C17H15F2N3O3. The van der Waals surface area contributed by atoms with Crippen LogP contribution in [0.4, 0.5) is 20.2 Å². The number of halogens is 2. The summed E-state index contributed by atoms with van der Waals surface area (Å²) in [6.45, 7) is 2.66. The Kier molecular flexibility index (Phi) is 5.11. The summed E-state index contributed by atoms with van der Waals surface area (Å²) >= 11 is 0. The normalized spacial score (nSPS) is 10.2. The van der Waals surface area contributed by atoms with E-state index < -0.39 is 23.4 Å². The van der Waals surface area contributed by atoms with Crippen LogP contribution in [0.5, 0.6) is 0 Å². The Hall–Kier alpha value is -3.29. The lowest BCUT2D eigenvalue weighted by atomic mass is 10.1. The molecule has 4 N–H and O–H groups in total. The second-order valence-electron chi connectivity index (χ2n) is 5.32. The molecule has 130 valence electrons. The number of nitrogens with two attached hydrogens (primary N) is 1. The molecule has 2 aromatic carbocycles. The second-order valence-corrected chi connectivity index (χ2v) is 5.32. The SMILES string of the molecule is CC(=O)Nc1ccc(F)c(C(=O)Nc2cc(C(N)=O)cc(F)c2C)c1. The standard InChI is InChI=1S/C17H15F2N3O3/c1-8-14(19)5-10(16(20)24)6-15(8)22-17(25)12-7-11(21-9(2)23)3-4-13(12)18/h3-7H,1-2H3,(H2,20,24)(H,21,23)(H,22,25). The van der Waals surface area contributed by atoms with Gasteiger partial charge in [-0.2, -0.15) is 0 Å². The number of anilines is 2. The molecule has 25 heavy (non-hydrogen) atoms. The fourth-order valence-electron chi connectivity index (χ4n) is 2.12. The average Bonchev–Trinajstić information content (AvgIpc) is 2.52. The molecule has 0 heterocycles. The van der Waals surface area contributed by atoms with E-state index in [1.807, 2.05) is 0 Å². The van der Waals surface area contributed by atoms with Gasteiger partial charge in [-0.05, 0) is 37.3 Å². The van der Waals surface area contributed by atoms with Gasteiger partial charge in [0.1, 0.15) is 11.6 Å². The molecule has 0 saturated carbocycles. The Bertz CT molecular complexity index is 882. The van der Waals surface area contributed by atoms with E-state index in [9.17, 15) is 23.2 Å². The summed E-state index contributed by atoms with van der Waals surface area (Å²) in [5.74, 6) is -3.68. The molecule has 0 aliphatic heterocycles. The maximum atomic E-state index is 13.9. The Labute approximate surface area is 142 Å². The molecule has 0 fully saturated rings. The third-order valence-electron chi connectivity index (χ3n) is 3.41. The highest BCUT2D eigenvalue weighted by Crippen LogP contribution is 2.23. The number of amides is 3. The quantitative estimate of drug-likeness (QED) is 0.792. The third-order valence-corrected chi connectivity index (χ3v) is 3.41. The van der Waals surface area contributed by atoms with Crippen LogP contribution in [0.2, 0.25) is 0 Å². The van der Waals surface area contributed by atoms with Crippen LogP contribution in [0, 0.1) is 18.6 Å². The monoisotopic (exact) mass is 347 g/mol.